The highest BCUT2D eigenvalue weighted by atomic mass is 15.1. The van der Waals surface area contributed by atoms with Crippen LogP contribution in [0.4, 0.5) is 5.69 Å². The van der Waals surface area contributed by atoms with E-state index in [9.17, 15) is 0 Å². The highest BCUT2D eigenvalue weighted by Crippen LogP contribution is 2.13. The van der Waals surface area contributed by atoms with E-state index in [1.807, 2.05) is 12.1 Å². The molecule has 0 radical (unpaired) electrons. The number of nitrogens with zero attached hydrogens (tertiary/aromatic N) is 1. The predicted octanol–water partition coefficient (Wildman–Crippen LogP) is 2.42. The molecule has 0 saturated heterocycles. The molecule has 1 aliphatic rings. The van der Waals surface area contributed by atoms with Gasteiger partial charge in [-0.3, -0.25) is 4.90 Å². The number of benzene rings is 1. The second kappa shape index (κ2) is 4.49. The summed E-state index contributed by atoms with van der Waals surface area (Å²) in [6.07, 6.45) is 3.52. The average molecular weight is 202 g/mol. The standard InChI is InChI=1S/C13H18N2/c1-11-6-8-15(9-7-11)10-12-2-4-13(14)5-3-12/h2-6H,7-10,14H2,1H3. The summed E-state index contributed by atoms with van der Waals surface area (Å²) in [5.41, 5.74) is 9.36. The van der Waals surface area contributed by atoms with Gasteiger partial charge in [-0.2, -0.15) is 0 Å². The number of anilines is 1. The van der Waals surface area contributed by atoms with E-state index >= 15 is 0 Å². The summed E-state index contributed by atoms with van der Waals surface area (Å²) in [5.74, 6) is 0. The highest BCUT2D eigenvalue weighted by molar-refractivity contribution is 5.39. The first kappa shape index (κ1) is 10.2. The Bertz CT molecular complexity index is 351. The van der Waals surface area contributed by atoms with Gasteiger partial charge in [0.05, 0.1) is 0 Å². The van der Waals surface area contributed by atoms with Crippen molar-refractivity contribution in [2.75, 3.05) is 18.8 Å². The molecule has 2 nitrogen and oxygen atoms in total. The fourth-order valence-corrected chi connectivity index (χ4v) is 1.84. The Balaban J connectivity index is 1.95. The Morgan fingerprint density at radius 3 is 2.60 bits per heavy atom. The fourth-order valence-electron chi connectivity index (χ4n) is 1.84. The molecule has 1 aliphatic heterocycles. The van der Waals surface area contributed by atoms with Crippen LogP contribution in [-0.2, 0) is 6.54 Å². The van der Waals surface area contributed by atoms with Crippen LogP contribution in [0.5, 0.6) is 0 Å². The van der Waals surface area contributed by atoms with Crippen molar-refractivity contribution in [3.8, 4) is 0 Å². The second-order valence-corrected chi connectivity index (χ2v) is 4.28. The lowest BCUT2D eigenvalue weighted by molar-refractivity contribution is 0.286. The SMILES string of the molecule is CC1=CCN(Cc2ccc(N)cc2)CC1. The van der Waals surface area contributed by atoms with Crippen molar-refractivity contribution in [2.24, 2.45) is 0 Å². The van der Waals surface area contributed by atoms with E-state index in [1.54, 1.807) is 0 Å². The Morgan fingerprint density at radius 1 is 1.27 bits per heavy atom. The summed E-state index contributed by atoms with van der Waals surface area (Å²) in [6.45, 7) is 5.49. The molecule has 0 saturated carbocycles. The molecule has 1 aromatic rings. The molecule has 0 bridgehead atoms. The monoisotopic (exact) mass is 202 g/mol. The summed E-state index contributed by atoms with van der Waals surface area (Å²) < 4.78 is 0. The zero-order chi connectivity index (χ0) is 10.7. The summed E-state index contributed by atoms with van der Waals surface area (Å²) in [7, 11) is 0. The zero-order valence-electron chi connectivity index (χ0n) is 9.24. The van der Waals surface area contributed by atoms with Gasteiger partial charge in [0.2, 0.25) is 0 Å². The van der Waals surface area contributed by atoms with Crippen LogP contribution in [0, 0.1) is 0 Å². The van der Waals surface area contributed by atoms with Crippen LogP contribution in [0.25, 0.3) is 0 Å². The molecule has 80 valence electrons. The zero-order valence-corrected chi connectivity index (χ0v) is 9.24. The summed E-state index contributed by atoms with van der Waals surface area (Å²) in [5, 5.41) is 0. The van der Waals surface area contributed by atoms with Crippen LogP contribution in [0.3, 0.4) is 0 Å². The lowest BCUT2D eigenvalue weighted by Gasteiger charge is -2.25. The van der Waals surface area contributed by atoms with Gasteiger partial charge >= 0.3 is 0 Å². The van der Waals surface area contributed by atoms with E-state index in [-0.39, 0.29) is 0 Å². The van der Waals surface area contributed by atoms with Crippen LogP contribution in [0.1, 0.15) is 18.9 Å². The first-order chi connectivity index (χ1) is 7.24. The average Bonchev–Trinajstić information content (AvgIpc) is 2.25. The molecule has 0 unspecified atom stereocenters. The maximum absolute atomic E-state index is 5.65. The number of rotatable bonds is 2. The fraction of sp³-hybridized carbons (Fsp3) is 0.385. The molecule has 0 amide bonds. The third-order valence-corrected chi connectivity index (χ3v) is 2.91. The van der Waals surface area contributed by atoms with Gasteiger partial charge in [-0.1, -0.05) is 23.8 Å². The lowest BCUT2D eigenvalue weighted by Crippen LogP contribution is -2.27. The van der Waals surface area contributed by atoms with Crippen molar-refractivity contribution in [2.45, 2.75) is 19.9 Å². The summed E-state index contributed by atoms with van der Waals surface area (Å²) in [4.78, 5) is 2.46. The number of nitrogen functional groups attached to an aromatic ring is 1. The molecular formula is C13H18N2. The summed E-state index contributed by atoms with van der Waals surface area (Å²) in [6, 6.07) is 8.17. The quantitative estimate of drug-likeness (QED) is 0.589. The molecule has 0 aromatic heterocycles. The molecule has 0 fully saturated rings. The molecule has 0 spiro atoms. The number of hydrogen-bond donors (Lipinski definition) is 1. The molecule has 0 aliphatic carbocycles. The van der Waals surface area contributed by atoms with Gasteiger partial charge < -0.3 is 5.73 Å². The Morgan fingerprint density at radius 2 is 2.00 bits per heavy atom. The van der Waals surface area contributed by atoms with E-state index in [1.165, 1.54) is 24.1 Å². The van der Waals surface area contributed by atoms with Crippen molar-refractivity contribution >= 4 is 5.69 Å². The Kier molecular flexibility index (Phi) is 3.07. The van der Waals surface area contributed by atoms with Crippen molar-refractivity contribution < 1.29 is 0 Å². The maximum Gasteiger partial charge on any atom is 0.0314 e. The summed E-state index contributed by atoms with van der Waals surface area (Å²) >= 11 is 0. The van der Waals surface area contributed by atoms with Gasteiger partial charge in [0.1, 0.15) is 0 Å². The molecule has 2 rings (SSSR count). The minimum atomic E-state index is 0.841. The molecule has 1 heterocycles. The predicted molar refractivity (Wildman–Crippen MR) is 64.5 cm³/mol. The van der Waals surface area contributed by atoms with E-state index in [4.69, 9.17) is 5.73 Å². The highest BCUT2D eigenvalue weighted by Gasteiger charge is 2.09. The number of nitrogens with two attached hydrogens (primary N) is 1. The van der Waals surface area contributed by atoms with Gasteiger partial charge in [-0.25, -0.2) is 0 Å². The first-order valence-corrected chi connectivity index (χ1v) is 5.46. The third kappa shape index (κ3) is 2.83. The largest absolute Gasteiger partial charge is 0.399 e. The van der Waals surface area contributed by atoms with Crippen LogP contribution < -0.4 is 5.73 Å². The van der Waals surface area contributed by atoms with Crippen LogP contribution in [-0.4, -0.2) is 18.0 Å². The second-order valence-electron chi connectivity index (χ2n) is 4.28. The van der Waals surface area contributed by atoms with Crippen LogP contribution >= 0.6 is 0 Å². The van der Waals surface area contributed by atoms with Crippen molar-refractivity contribution in [3.63, 3.8) is 0 Å². The van der Waals surface area contributed by atoms with Crippen molar-refractivity contribution in [1.82, 2.24) is 4.90 Å². The van der Waals surface area contributed by atoms with E-state index in [0.29, 0.717) is 0 Å². The lowest BCUT2D eigenvalue weighted by atomic mass is 10.1. The maximum atomic E-state index is 5.65. The van der Waals surface area contributed by atoms with Gasteiger partial charge in [0.15, 0.2) is 0 Å². The van der Waals surface area contributed by atoms with E-state index in [0.717, 1.165) is 18.8 Å². The molecule has 2 N–H and O–H groups in total. The van der Waals surface area contributed by atoms with Crippen molar-refractivity contribution in [1.29, 1.82) is 0 Å². The normalized spacial score (nSPS) is 17.5. The van der Waals surface area contributed by atoms with Crippen LogP contribution in [0.2, 0.25) is 0 Å². The molecule has 1 aromatic carbocycles. The minimum Gasteiger partial charge on any atom is -0.399 e. The van der Waals surface area contributed by atoms with E-state index in [2.05, 4.69) is 30.0 Å². The van der Waals surface area contributed by atoms with Crippen molar-refractivity contribution in [3.05, 3.63) is 41.5 Å². The molecular weight excluding hydrogens is 184 g/mol. The topological polar surface area (TPSA) is 29.3 Å². The molecule has 2 heteroatoms. The molecule has 0 atom stereocenters. The Labute approximate surface area is 91.4 Å². The van der Waals surface area contributed by atoms with Gasteiger partial charge in [0, 0.05) is 25.3 Å². The van der Waals surface area contributed by atoms with Gasteiger partial charge in [-0.15, -0.1) is 0 Å². The van der Waals surface area contributed by atoms with Gasteiger partial charge in [0.25, 0.3) is 0 Å². The smallest absolute Gasteiger partial charge is 0.0314 e. The van der Waals surface area contributed by atoms with E-state index < -0.39 is 0 Å². The third-order valence-electron chi connectivity index (χ3n) is 2.91. The number of hydrogen-bond acceptors (Lipinski definition) is 2. The van der Waals surface area contributed by atoms with Crippen LogP contribution in [0.15, 0.2) is 35.9 Å². The molecule has 15 heavy (non-hydrogen) atoms. The first-order valence-electron chi connectivity index (χ1n) is 5.46. The minimum absolute atomic E-state index is 0.841. The van der Waals surface area contributed by atoms with Gasteiger partial charge in [-0.05, 0) is 31.0 Å². The Hall–Kier alpha value is -1.28.